The number of amides is 1. The number of esters is 1. The molecule has 1 aliphatic rings. The third-order valence-corrected chi connectivity index (χ3v) is 5.51. The van der Waals surface area contributed by atoms with Crippen LogP contribution < -0.4 is 0 Å². The largest absolute Gasteiger partial charge is 0.461 e. The molecule has 6 nitrogen and oxygen atoms in total. The third kappa shape index (κ3) is 4.58. The van der Waals surface area contributed by atoms with Crippen LogP contribution in [0.3, 0.4) is 0 Å². The molecule has 2 heterocycles. The van der Waals surface area contributed by atoms with Gasteiger partial charge in [-0.25, -0.2) is 26.7 Å². The third-order valence-electron chi connectivity index (χ3n) is 5.51. The Kier molecular flexibility index (Phi) is 6.80. The lowest BCUT2D eigenvalue weighted by Gasteiger charge is -2.34. The van der Waals surface area contributed by atoms with Gasteiger partial charge < -0.3 is 9.64 Å². The van der Waals surface area contributed by atoms with E-state index in [2.05, 4.69) is 5.10 Å². The van der Waals surface area contributed by atoms with Gasteiger partial charge in [-0.15, -0.1) is 0 Å². The van der Waals surface area contributed by atoms with Crippen LogP contribution in [-0.4, -0.2) is 46.3 Å². The number of hydrogen-bond acceptors (Lipinski definition) is 4. The average Bonchev–Trinajstić information content (AvgIpc) is 3.23. The molecule has 1 saturated heterocycles. The lowest BCUT2D eigenvalue weighted by Crippen LogP contribution is -2.41. The quantitative estimate of drug-likeness (QED) is 0.283. The second kappa shape index (κ2) is 9.11. The van der Waals surface area contributed by atoms with Gasteiger partial charge in [0.1, 0.15) is 5.56 Å². The standard InChI is InChI=1S/C22H24F5N3O3/c1-5-33-21(32)12-10-13(22(2,3)4)30(28-12)11-6-8-29(9-7-11)20(31)14-15(23)17(25)19(27)18(26)16(14)24/h10-11H,5-9H2,1-4H3. The lowest BCUT2D eigenvalue weighted by molar-refractivity contribution is 0.0517. The molecule has 0 unspecified atom stereocenters. The number of piperidine rings is 1. The fourth-order valence-electron chi connectivity index (χ4n) is 3.80. The highest BCUT2D eigenvalue weighted by molar-refractivity contribution is 5.95. The van der Waals surface area contributed by atoms with Crippen molar-refractivity contribution in [2.24, 2.45) is 0 Å². The van der Waals surface area contributed by atoms with E-state index in [0.29, 0.717) is 12.8 Å². The van der Waals surface area contributed by atoms with Crippen molar-refractivity contribution >= 4 is 11.9 Å². The van der Waals surface area contributed by atoms with Crippen molar-refractivity contribution in [3.05, 3.63) is 52.1 Å². The number of halogens is 5. The molecule has 0 atom stereocenters. The van der Waals surface area contributed by atoms with E-state index < -0.39 is 46.5 Å². The molecule has 1 aliphatic heterocycles. The van der Waals surface area contributed by atoms with E-state index in [0.717, 1.165) is 10.6 Å². The number of ether oxygens (including phenoxy) is 1. The molecule has 11 heteroatoms. The SMILES string of the molecule is CCOC(=O)c1cc(C(C)(C)C)n(C2CCN(C(=O)c3c(F)c(F)c(F)c(F)c3F)CC2)n1. The highest BCUT2D eigenvalue weighted by Gasteiger charge is 2.35. The van der Waals surface area contributed by atoms with Gasteiger partial charge in [0.2, 0.25) is 5.82 Å². The van der Waals surface area contributed by atoms with Crippen LogP contribution >= 0.6 is 0 Å². The van der Waals surface area contributed by atoms with Crippen molar-refractivity contribution in [1.82, 2.24) is 14.7 Å². The summed E-state index contributed by atoms with van der Waals surface area (Å²) >= 11 is 0. The fourth-order valence-corrected chi connectivity index (χ4v) is 3.80. The van der Waals surface area contributed by atoms with E-state index >= 15 is 0 Å². The molecule has 1 fully saturated rings. The highest BCUT2D eigenvalue weighted by atomic mass is 19.2. The topological polar surface area (TPSA) is 64.4 Å². The molecule has 180 valence electrons. The van der Waals surface area contributed by atoms with E-state index in [9.17, 15) is 31.5 Å². The van der Waals surface area contributed by atoms with Gasteiger partial charge in [-0.05, 0) is 25.8 Å². The number of likely N-dealkylation sites (tertiary alicyclic amines) is 1. The van der Waals surface area contributed by atoms with E-state index in [-0.39, 0.29) is 36.8 Å². The van der Waals surface area contributed by atoms with E-state index in [1.807, 2.05) is 20.8 Å². The van der Waals surface area contributed by atoms with Crippen LogP contribution in [0.1, 0.15) is 73.1 Å². The number of carbonyl (C=O) groups is 2. The minimum Gasteiger partial charge on any atom is -0.461 e. The lowest BCUT2D eigenvalue weighted by atomic mass is 9.91. The van der Waals surface area contributed by atoms with Crippen LogP contribution in [0.25, 0.3) is 0 Å². The zero-order valence-electron chi connectivity index (χ0n) is 18.6. The second-order valence-corrected chi connectivity index (χ2v) is 8.80. The van der Waals surface area contributed by atoms with Crippen molar-refractivity contribution in [2.75, 3.05) is 19.7 Å². The predicted octanol–water partition coefficient (Wildman–Crippen LogP) is 4.53. The van der Waals surface area contributed by atoms with Crippen LogP contribution in [0.15, 0.2) is 6.07 Å². The van der Waals surface area contributed by atoms with Crippen molar-refractivity contribution < 1.29 is 36.3 Å². The number of benzene rings is 1. The minimum absolute atomic E-state index is 0.00117. The summed E-state index contributed by atoms with van der Waals surface area (Å²) in [4.78, 5) is 25.8. The molecule has 2 aromatic rings. The van der Waals surface area contributed by atoms with Gasteiger partial charge in [0, 0.05) is 24.2 Å². The van der Waals surface area contributed by atoms with Crippen LogP contribution in [0.4, 0.5) is 22.0 Å². The molecule has 0 radical (unpaired) electrons. The molecular weight excluding hydrogens is 449 g/mol. The monoisotopic (exact) mass is 473 g/mol. The molecule has 0 N–H and O–H groups in total. The Bertz CT molecular complexity index is 1060. The predicted molar refractivity (Wildman–Crippen MR) is 107 cm³/mol. The van der Waals surface area contributed by atoms with Crippen molar-refractivity contribution in [3.63, 3.8) is 0 Å². The Labute approximate surface area is 187 Å². The fraction of sp³-hybridized carbons (Fsp3) is 0.500. The number of carbonyl (C=O) groups excluding carboxylic acids is 2. The first-order valence-corrected chi connectivity index (χ1v) is 10.5. The maximum atomic E-state index is 14.0. The number of hydrogen-bond donors (Lipinski definition) is 0. The van der Waals surface area contributed by atoms with E-state index in [4.69, 9.17) is 4.74 Å². The van der Waals surface area contributed by atoms with Crippen molar-refractivity contribution in [3.8, 4) is 0 Å². The van der Waals surface area contributed by atoms with Gasteiger partial charge in [0.25, 0.3) is 5.91 Å². The van der Waals surface area contributed by atoms with Crippen molar-refractivity contribution in [1.29, 1.82) is 0 Å². The highest BCUT2D eigenvalue weighted by Crippen LogP contribution is 2.32. The van der Waals surface area contributed by atoms with Crippen LogP contribution in [0.2, 0.25) is 0 Å². The van der Waals surface area contributed by atoms with Gasteiger partial charge >= 0.3 is 5.97 Å². The normalized spacial score (nSPS) is 15.1. The Morgan fingerprint density at radius 3 is 2.00 bits per heavy atom. The number of rotatable bonds is 4. The smallest absolute Gasteiger partial charge is 0.358 e. The maximum Gasteiger partial charge on any atom is 0.358 e. The van der Waals surface area contributed by atoms with Gasteiger partial charge in [-0.1, -0.05) is 20.8 Å². The summed E-state index contributed by atoms with van der Waals surface area (Å²) in [6.45, 7) is 7.69. The Morgan fingerprint density at radius 2 is 1.52 bits per heavy atom. The maximum absolute atomic E-state index is 14.0. The van der Waals surface area contributed by atoms with Crippen LogP contribution in [0.5, 0.6) is 0 Å². The molecule has 3 rings (SSSR count). The first-order chi connectivity index (χ1) is 15.4. The van der Waals surface area contributed by atoms with E-state index in [1.165, 1.54) is 0 Å². The summed E-state index contributed by atoms with van der Waals surface area (Å²) in [6.07, 6.45) is 0.600. The summed E-state index contributed by atoms with van der Waals surface area (Å²) in [5.41, 5.74) is -0.944. The van der Waals surface area contributed by atoms with E-state index in [1.54, 1.807) is 17.7 Å². The van der Waals surface area contributed by atoms with Gasteiger partial charge in [0.15, 0.2) is 29.0 Å². The van der Waals surface area contributed by atoms with Gasteiger partial charge in [-0.2, -0.15) is 5.10 Å². The van der Waals surface area contributed by atoms with Crippen LogP contribution in [0, 0.1) is 29.1 Å². The van der Waals surface area contributed by atoms with Crippen molar-refractivity contribution in [2.45, 2.75) is 52.0 Å². The van der Waals surface area contributed by atoms with Gasteiger partial charge in [-0.3, -0.25) is 9.48 Å². The average molecular weight is 473 g/mol. The minimum atomic E-state index is -2.31. The molecule has 33 heavy (non-hydrogen) atoms. The zero-order valence-corrected chi connectivity index (χ0v) is 18.6. The second-order valence-electron chi connectivity index (χ2n) is 8.80. The summed E-state index contributed by atoms with van der Waals surface area (Å²) in [7, 11) is 0. The number of nitrogens with zero attached hydrogens (tertiary/aromatic N) is 3. The Balaban J connectivity index is 1.84. The Morgan fingerprint density at radius 1 is 1.00 bits per heavy atom. The Hall–Kier alpha value is -2.98. The molecule has 1 aromatic carbocycles. The molecule has 0 aliphatic carbocycles. The molecule has 0 spiro atoms. The molecular formula is C22H24F5N3O3. The zero-order chi connectivity index (χ0) is 24.7. The van der Waals surface area contributed by atoms with Crippen LogP contribution in [-0.2, 0) is 10.2 Å². The molecule has 0 bridgehead atoms. The first-order valence-electron chi connectivity index (χ1n) is 10.5. The molecule has 1 amide bonds. The number of aromatic nitrogens is 2. The van der Waals surface area contributed by atoms with Gasteiger partial charge in [0.05, 0.1) is 12.6 Å². The molecule has 1 aromatic heterocycles. The molecule has 0 saturated carbocycles. The summed E-state index contributed by atoms with van der Waals surface area (Å²) in [5, 5.41) is 4.39. The summed E-state index contributed by atoms with van der Waals surface area (Å²) in [5.74, 6) is -12.8. The summed E-state index contributed by atoms with van der Waals surface area (Å²) in [6, 6.07) is 1.40. The summed E-state index contributed by atoms with van der Waals surface area (Å²) < 4.78 is 75.1. The first kappa shape index (κ1) is 24.7.